The molecule has 0 aliphatic carbocycles. The Balaban J connectivity index is 2.04. The van der Waals surface area contributed by atoms with E-state index >= 15 is 0 Å². The van der Waals surface area contributed by atoms with E-state index in [1.807, 2.05) is 37.3 Å². The summed E-state index contributed by atoms with van der Waals surface area (Å²) < 4.78 is 6.25. The zero-order chi connectivity index (χ0) is 14.1. The predicted octanol–water partition coefficient (Wildman–Crippen LogP) is 4.18. The third-order valence-electron chi connectivity index (χ3n) is 3.04. The Morgan fingerprint density at radius 2 is 1.95 bits per heavy atom. The van der Waals surface area contributed by atoms with Gasteiger partial charge in [-0.05, 0) is 31.2 Å². The van der Waals surface area contributed by atoms with Gasteiger partial charge in [0.1, 0.15) is 5.75 Å². The molecule has 0 saturated heterocycles. The summed E-state index contributed by atoms with van der Waals surface area (Å²) >= 11 is 3.41. The van der Waals surface area contributed by atoms with Gasteiger partial charge in [-0.25, -0.2) is 0 Å². The highest BCUT2D eigenvalue weighted by Gasteiger charge is 2.14. The first-order valence-corrected chi connectivity index (χ1v) is 6.83. The van der Waals surface area contributed by atoms with Crippen LogP contribution in [0.3, 0.4) is 0 Å². The molecule has 0 fully saturated rings. The summed E-state index contributed by atoms with van der Waals surface area (Å²) in [5.74, 6) is 1.13. The normalized spacial score (nSPS) is 10.7. The summed E-state index contributed by atoms with van der Waals surface area (Å²) in [6, 6.07) is 12.9. The number of rotatable bonds is 2. The molecule has 1 heterocycles. The molecule has 2 aromatic carbocycles. The molecule has 0 amide bonds. The maximum absolute atomic E-state index is 9.73. The molecule has 4 nitrogen and oxygen atoms in total. The van der Waals surface area contributed by atoms with Crippen LogP contribution in [0, 0.1) is 6.92 Å². The van der Waals surface area contributed by atoms with E-state index in [2.05, 4.69) is 26.1 Å². The van der Waals surface area contributed by atoms with E-state index < -0.39 is 0 Å². The lowest BCUT2D eigenvalue weighted by Gasteiger charge is -2.01. The maximum Gasteiger partial charge on any atom is 0.258 e. The minimum absolute atomic E-state index is 0.213. The van der Waals surface area contributed by atoms with Gasteiger partial charge in [0.25, 0.3) is 5.89 Å². The van der Waals surface area contributed by atoms with Crippen LogP contribution in [0.4, 0.5) is 0 Å². The third kappa shape index (κ3) is 2.32. The summed E-state index contributed by atoms with van der Waals surface area (Å²) in [5, 5.41) is 13.7. The monoisotopic (exact) mass is 330 g/mol. The lowest BCUT2D eigenvalue weighted by atomic mass is 10.1. The SMILES string of the molecule is Cc1c(O)cccc1-c1nc(-c2cccc(Br)c2)no1. The summed E-state index contributed by atoms with van der Waals surface area (Å²) in [5.41, 5.74) is 2.32. The minimum Gasteiger partial charge on any atom is -0.508 e. The van der Waals surface area contributed by atoms with Crippen LogP contribution in [0.25, 0.3) is 22.8 Å². The first-order chi connectivity index (χ1) is 9.65. The second-order valence-corrected chi connectivity index (χ2v) is 5.30. The molecule has 0 saturated carbocycles. The van der Waals surface area contributed by atoms with Gasteiger partial charge >= 0.3 is 0 Å². The van der Waals surface area contributed by atoms with Crippen molar-refractivity contribution < 1.29 is 9.63 Å². The first kappa shape index (κ1) is 12.9. The van der Waals surface area contributed by atoms with Crippen molar-refractivity contribution in [2.24, 2.45) is 0 Å². The number of phenolic OH excluding ortho intramolecular Hbond substituents is 1. The van der Waals surface area contributed by atoms with Gasteiger partial charge in [0, 0.05) is 21.2 Å². The molecule has 5 heteroatoms. The van der Waals surface area contributed by atoms with Crippen molar-refractivity contribution in [2.45, 2.75) is 6.92 Å². The lowest BCUT2D eigenvalue weighted by molar-refractivity contribution is 0.431. The number of nitrogens with zero attached hydrogens (tertiary/aromatic N) is 2. The van der Waals surface area contributed by atoms with E-state index in [0.29, 0.717) is 11.7 Å². The number of benzene rings is 2. The molecular formula is C15H11BrN2O2. The fourth-order valence-corrected chi connectivity index (χ4v) is 2.33. The van der Waals surface area contributed by atoms with Crippen LogP contribution in [0.15, 0.2) is 51.5 Å². The van der Waals surface area contributed by atoms with Gasteiger partial charge in [0.2, 0.25) is 5.82 Å². The van der Waals surface area contributed by atoms with E-state index in [-0.39, 0.29) is 5.75 Å². The molecule has 100 valence electrons. The molecule has 1 aromatic heterocycles. The molecular weight excluding hydrogens is 320 g/mol. The van der Waals surface area contributed by atoms with E-state index in [0.717, 1.165) is 21.2 Å². The van der Waals surface area contributed by atoms with E-state index in [4.69, 9.17) is 4.52 Å². The lowest BCUT2D eigenvalue weighted by Crippen LogP contribution is -1.84. The van der Waals surface area contributed by atoms with Crippen LogP contribution < -0.4 is 0 Å². The van der Waals surface area contributed by atoms with E-state index in [1.165, 1.54) is 0 Å². The minimum atomic E-state index is 0.213. The number of hydrogen-bond donors (Lipinski definition) is 1. The smallest absolute Gasteiger partial charge is 0.258 e. The van der Waals surface area contributed by atoms with Crippen molar-refractivity contribution >= 4 is 15.9 Å². The van der Waals surface area contributed by atoms with Crippen LogP contribution in [-0.2, 0) is 0 Å². The van der Waals surface area contributed by atoms with Crippen LogP contribution in [-0.4, -0.2) is 15.2 Å². The Morgan fingerprint density at radius 3 is 2.75 bits per heavy atom. The Morgan fingerprint density at radius 1 is 1.15 bits per heavy atom. The molecule has 0 aliphatic heterocycles. The number of aromatic hydroxyl groups is 1. The standard InChI is InChI=1S/C15H11BrN2O2/c1-9-12(6-3-7-13(9)19)15-17-14(18-20-15)10-4-2-5-11(16)8-10/h2-8,19H,1H3. The maximum atomic E-state index is 9.73. The topological polar surface area (TPSA) is 59.2 Å². The fourth-order valence-electron chi connectivity index (χ4n) is 1.93. The second kappa shape index (κ2) is 5.09. The van der Waals surface area contributed by atoms with Crippen molar-refractivity contribution in [3.8, 4) is 28.6 Å². The van der Waals surface area contributed by atoms with Gasteiger partial charge in [-0.2, -0.15) is 4.98 Å². The molecule has 0 atom stereocenters. The number of halogens is 1. The molecule has 0 unspecified atom stereocenters. The molecule has 0 spiro atoms. The van der Waals surface area contributed by atoms with E-state index in [1.54, 1.807) is 12.1 Å². The van der Waals surface area contributed by atoms with Gasteiger partial charge < -0.3 is 9.63 Å². The molecule has 3 rings (SSSR count). The van der Waals surface area contributed by atoms with Crippen molar-refractivity contribution in [3.63, 3.8) is 0 Å². The Labute approximate surface area is 124 Å². The first-order valence-electron chi connectivity index (χ1n) is 6.04. The quantitative estimate of drug-likeness (QED) is 0.765. The van der Waals surface area contributed by atoms with E-state index in [9.17, 15) is 5.11 Å². The van der Waals surface area contributed by atoms with Crippen molar-refractivity contribution in [3.05, 3.63) is 52.5 Å². The summed E-state index contributed by atoms with van der Waals surface area (Å²) in [4.78, 5) is 4.38. The highest BCUT2D eigenvalue weighted by molar-refractivity contribution is 9.10. The molecule has 0 bridgehead atoms. The van der Waals surface area contributed by atoms with Crippen molar-refractivity contribution in [2.75, 3.05) is 0 Å². The van der Waals surface area contributed by atoms with Gasteiger partial charge in [-0.15, -0.1) is 0 Å². The molecule has 0 radical (unpaired) electrons. The third-order valence-corrected chi connectivity index (χ3v) is 3.54. The fraction of sp³-hybridized carbons (Fsp3) is 0.0667. The average molecular weight is 331 g/mol. The molecule has 3 aromatic rings. The highest BCUT2D eigenvalue weighted by Crippen LogP contribution is 2.29. The molecule has 20 heavy (non-hydrogen) atoms. The number of hydrogen-bond acceptors (Lipinski definition) is 4. The van der Waals surface area contributed by atoms with Crippen LogP contribution in [0.1, 0.15) is 5.56 Å². The van der Waals surface area contributed by atoms with Crippen molar-refractivity contribution in [1.29, 1.82) is 0 Å². The Hall–Kier alpha value is -2.14. The second-order valence-electron chi connectivity index (χ2n) is 4.38. The van der Waals surface area contributed by atoms with Crippen molar-refractivity contribution in [1.82, 2.24) is 10.1 Å². The van der Waals surface area contributed by atoms with Gasteiger partial charge in [-0.3, -0.25) is 0 Å². The Kier molecular flexibility index (Phi) is 3.28. The zero-order valence-electron chi connectivity index (χ0n) is 10.7. The van der Waals surface area contributed by atoms with Crippen LogP contribution in [0.2, 0.25) is 0 Å². The van der Waals surface area contributed by atoms with Gasteiger partial charge in [0.15, 0.2) is 0 Å². The average Bonchev–Trinajstić information content (AvgIpc) is 2.91. The highest BCUT2D eigenvalue weighted by atomic mass is 79.9. The number of phenols is 1. The zero-order valence-corrected chi connectivity index (χ0v) is 12.3. The van der Waals surface area contributed by atoms with Gasteiger partial charge in [-0.1, -0.05) is 39.3 Å². The number of aromatic nitrogens is 2. The molecule has 0 aliphatic rings. The summed E-state index contributed by atoms with van der Waals surface area (Å²) in [7, 11) is 0. The predicted molar refractivity (Wildman–Crippen MR) is 79.3 cm³/mol. The van der Waals surface area contributed by atoms with Crippen LogP contribution in [0.5, 0.6) is 5.75 Å². The largest absolute Gasteiger partial charge is 0.508 e. The molecule has 1 N–H and O–H groups in total. The van der Waals surface area contributed by atoms with Crippen LogP contribution >= 0.6 is 15.9 Å². The van der Waals surface area contributed by atoms with Gasteiger partial charge in [0.05, 0.1) is 0 Å². The summed E-state index contributed by atoms with van der Waals surface area (Å²) in [6.07, 6.45) is 0. The Bertz CT molecular complexity index is 768. The summed E-state index contributed by atoms with van der Waals surface area (Å²) in [6.45, 7) is 1.81.